The van der Waals surface area contributed by atoms with Crippen molar-refractivity contribution >= 4 is 11.6 Å². The van der Waals surface area contributed by atoms with Crippen molar-refractivity contribution in [1.82, 2.24) is 0 Å². The molecule has 0 amide bonds. The molecule has 7 heteroatoms. The first-order valence-electron chi connectivity index (χ1n) is 12.0. The maximum Gasteiger partial charge on any atom is 0.204 e. The number of carbonyl (C=O) groups excluding carboxylic acids is 2. The number of aliphatic hydroxyl groups is 1. The van der Waals surface area contributed by atoms with Gasteiger partial charge in [-0.3, -0.25) is 9.59 Å². The van der Waals surface area contributed by atoms with Crippen LogP contribution in [-0.2, 0) is 16.0 Å². The minimum atomic E-state index is -1.88. The highest BCUT2D eigenvalue weighted by Crippen LogP contribution is 2.69. The van der Waals surface area contributed by atoms with Crippen LogP contribution in [-0.4, -0.2) is 49.3 Å². The molecule has 7 nitrogen and oxygen atoms in total. The Bertz CT molecular complexity index is 1270. The number of phenolic OH excluding ortho intramolecular Hbond substituents is 2. The van der Waals surface area contributed by atoms with E-state index in [9.17, 15) is 24.9 Å². The number of ketones is 2. The maximum absolute atomic E-state index is 14.0. The molecule has 35 heavy (non-hydrogen) atoms. The van der Waals surface area contributed by atoms with Crippen LogP contribution < -0.4 is 4.74 Å². The van der Waals surface area contributed by atoms with E-state index in [-0.39, 0.29) is 41.9 Å². The lowest BCUT2D eigenvalue weighted by atomic mass is 9.49. The zero-order chi connectivity index (χ0) is 25.7. The van der Waals surface area contributed by atoms with E-state index in [4.69, 9.17) is 9.47 Å². The van der Waals surface area contributed by atoms with Crippen molar-refractivity contribution in [3.8, 4) is 17.2 Å². The summed E-state index contributed by atoms with van der Waals surface area (Å²) in [4.78, 5) is 28.0. The van der Waals surface area contributed by atoms with Crippen LogP contribution in [0, 0.1) is 5.92 Å². The largest absolute Gasteiger partial charge is 0.507 e. The van der Waals surface area contributed by atoms with E-state index < -0.39 is 45.6 Å². The first-order chi connectivity index (χ1) is 16.2. The molecule has 6 rings (SSSR count). The van der Waals surface area contributed by atoms with E-state index in [2.05, 4.69) is 0 Å². The monoisotopic (exact) mass is 480 g/mol. The summed E-state index contributed by atoms with van der Waals surface area (Å²) in [5.74, 6) is -2.13. The van der Waals surface area contributed by atoms with Crippen molar-refractivity contribution in [2.45, 2.75) is 83.2 Å². The van der Waals surface area contributed by atoms with Crippen LogP contribution in [0.25, 0.3) is 0 Å². The van der Waals surface area contributed by atoms with E-state index in [1.54, 1.807) is 0 Å². The van der Waals surface area contributed by atoms with Crippen LogP contribution in [0.3, 0.4) is 0 Å². The lowest BCUT2D eigenvalue weighted by molar-refractivity contribution is -0.186. The van der Waals surface area contributed by atoms with Gasteiger partial charge in [0.15, 0.2) is 17.0 Å². The number of hydrogen-bond donors (Lipinski definition) is 3. The van der Waals surface area contributed by atoms with Crippen LogP contribution in [0.2, 0.25) is 0 Å². The fourth-order valence-corrected chi connectivity index (χ4v) is 6.48. The fourth-order valence-electron chi connectivity index (χ4n) is 6.48. The molecule has 5 aliphatic rings. The average Bonchev–Trinajstić information content (AvgIpc) is 2.90. The van der Waals surface area contributed by atoms with Gasteiger partial charge in [-0.25, -0.2) is 0 Å². The molecule has 1 spiro atoms. The Morgan fingerprint density at radius 2 is 1.74 bits per heavy atom. The van der Waals surface area contributed by atoms with Gasteiger partial charge in [-0.15, -0.1) is 0 Å². The van der Waals surface area contributed by atoms with Crippen molar-refractivity contribution in [1.29, 1.82) is 0 Å². The van der Waals surface area contributed by atoms with Crippen LogP contribution in [0.15, 0.2) is 41.0 Å². The second kappa shape index (κ2) is 7.08. The normalized spacial score (nSPS) is 33.5. The lowest BCUT2D eigenvalue weighted by Crippen LogP contribution is -2.76. The number of fused-ring (bicyclic) bond motifs is 1. The summed E-state index contributed by atoms with van der Waals surface area (Å²) >= 11 is 0. The average molecular weight is 481 g/mol. The van der Waals surface area contributed by atoms with E-state index in [0.717, 1.165) is 17.2 Å². The number of Topliss-reactive ketones (excluding diaryl/α,β-unsaturated/α-hetero) is 2. The third kappa shape index (κ3) is 2.85. The molecule has 3 aliphatic carbocycles. The van der Waals surface area contributed by atoms with Gasteiger partial charge in [-0.1, -0.05) is 23.3 Å². The second-order valence-electron chi connectivity index (χ2n) is 11.3. The standard InChI is InChI=1S/C28H32O7/c1-14(2)7-8-16-18(29)11-19(30)21-22(31)17-12-26(33)13-20-25(5,6)35-27(24(26)32,10-9-15(3)4)28(17,20)34-23(16)21/h7,9,11-12,20,29-30,33H,8,10,13H2,1-6H3/t20-,26+,27+,28-/m0/s1. The molecule has 1 aromatic rings. The van der Waals surface area contributed by atoms with Crippen molar-refractivity contribution in [2.24, 2.45) is 5.92 Å². The first-order valence-corrected chi connectivity index (χ1v) is 12.0. The number of rotatable bonds is 4. The predicted octanol–water partition coefficient (Wildman–Crippen LogP) is 4.08. The molecule has 3 N–H and O–H groups in total. The zero-order valence-electron chi connectivity index (χ0n) is 21.0. The van der Waals surface area contributed by atoms with Crippen molar-refractivity contribution in [3.05, 3.63) is 52.1 Å². The molecule has 4 atom stereocenters. The molecular formula is C28H32O7. The number of allylic oxidation sites excluding steroid dienone is 3. The second-order valence-corrected chi connectivity index (χ2v) is 11.3. The maximum atomic E-state index is 14.0. The third-order valence-electron chi connectivity index (χ3n) is 8.01. The Morgan fingerprint density at radius 3 is 2.37 bits per heavy atom. The van der Waals surface area contributed by atoms with Crippen LogP contribution in [0.5, 0.6) is 17.2 Å². The summed E-state index contributed by atoms with van der Waals surface area (Å²) in [5, 5.41) is 33.0. The van der Waals surface area contributed by atoms with Gasteiger partial charge in [0.1, 0.15) is 28.4 Å². The number of hydrogen-bond acceptors (Lipinski definition) is 7. The molecule has 1 aromatic carbocycles. The zero-order valence-corrected chi connectivity index (χ0v) is 21.0. The molecule has 4 bridgehead atoms. The van der Waals surface area contributed by atoms with E-state index in [0.29, 0.717) is 5.56 Å². The quantitative estimate of drug-likeness (QED) is 0.557. The number of benzene rings is 1. The van der Waals surface area contributed by atoms with Crippen LogP contribution >= 0.6 is 0 Å². The van der Waals surface area contributed by atoms with Gasteiger partial charge in [0.25, 0.3) is 0 Å². The van der Waals surface area contributed by atoms with Crippen molar-refractivity contribution < 1.29 is 34.4 Å². The molecular weight excluding hydrogens is 448 g/mol. The summed E-state index contributed by atoms with van der Waals surface area (Å²) in [6.45, 7) is 11.3. The highest BCUT2D eigenvalue weighted by molar-refractivity contribution is 6.19. The van der Waals surface area contributed by atoms with Crippen LogP contribution in [0.1, 0.15) is 70.3 Å². The third-order valence-corrected chi connectivity index (χ3v) is 8.01. The minimum absolute atomic E-state index is 0.0512. The van der Waals surface area contributed by atoms with Gasteiger partial charge >= 0.3 is 0 Å². The molecule has 2 heterocycles. The number of carbonyl (C=O) groups is 2. The Morgan fingerprint density at radius 1 is 1.09 bits per heavy atom. The molecule has 2 fully saturated rings. The highest BCUT2D eigenvalue weighted by Gasteiger charge is 2.84. The number of aromatic hydroxyl groups is 2. The van der Waals surface area contributed by atoms with Gasteiger partial charge in [0.05, 0.1) is 5.60 Å². The van der Waals surface area contributed by atoms with Crippen molar-refractivity contribution in [2.75, 3.05) is 0 Å². The van der Waals surface area contributed by atoms with E-state index in [1.165, 1.54) is 6.08 Å². The SMILES string of the molecule is CC(C)=CCc1c(O)cc(O)c2c1O[C@@]13C(=C[C@@]4(O)C[C@H]1C(C)(C)O[C@]3(CC=C(C)C)C4=O)C2=O. The van der Waals surface area contributed by atoms with Gasteiger partial charge in [0, 0.05) is 29.5 Å². The molecule has 0 unspecified atom stereocenters. The van der Waals surface area contributed by atoms with Gasteiger partial charge < -0.3 is 24.8 Å². The Hall–Kier alpha value is -2.90. The molecule has 0 radical (unpaired) electrons. The number of ether oxygens (including phenoxy) is 2. The van der Waals surface area contributed by atoms with Crippen molar-refractivity contribution in [3.63, 3.8) is 0 Å². The van der Waals surface area contributed by atoms with Gasteiger partial charge in [-0.05, 0) is 60.5 Å². The highest BCUT2D eigenvalue weighted by atomic mass is 16.6. The van der Waals surface area contributed by atoms with E-state index >= 15 is 0 Å². The van der Waals surface area contributed by atoms with Gasteiger partial charge in [-0.2, -0.15) is 0 Å². The predicted molar refractivity (Wildman–Crippen MR) is 129 cm³/mol. The first kappa shape index (κ1) is 23.8. The molecule has 186 valence electrons. The van der Waals surface area contributed by atoms with Gasteiger partial charge in [0.2, 0.25) is 5.78 Å². The molecule has 1 saturated carbocycles. The lowest BCUT2D eigenvalue weighted by Gasteiger charge is -2.58. The summed E-state index contributed by atoms with van der Waals surface area (Å²) in [6.07, 6.45) is 5.50. The molecule has 2 aliphatic heterocycles. The smallest absolute Gasteiger partial charge is 0.204 e. The fraction of sp³-hybridized carbons (Fsp3) is 0.500. The topological polar surface area (TPSA) is 113 Å². The van der Waals surface area contributed by atoms with Crippen LogP contribution in [0.4, 0.5) is 0 Å². The number of phenols is 2. The molecule has 1 saturated heterocycles. The summed E-state index contributed by atoms with van der Waals surface area (Å²) in [5.41, 5.74) is -3.55. The van der Waals surface area contributed by atoms with E-state index in [1.807, 2.05) is 53.7 Å². The minimum Gasteiger partial charge on any atom is -0.507 e. The summed E-state index contributed by atoms with van der Waals surface area (Å²) in [7, 11) is 0. The molecule has 0 aromatic heterocycles. The summed E-state index contributed by atoms with van der Waals surface area (Å²) in [6, 6.07) is 1.14. The Labute approximate surface area is 204 Å². The summed E-state index contributed by atoms with van der Waals surface area (Å²) < 4.78 is 13.3. The Balaban J connectivity index is 1.85. The Kier molecular flexibility index (Phi) is 4.82.